The number of hydrogen-bond donors (Lipinski definition) is 1. The Morgan fingerprint density at radius 1 is 1.14 bits per heavy atom. The van der Waals surface area contributed by atoms with Gasteiger partial charge >= 0.3 is 0 Å². The minimum absolute atomic E-state index is 0.727. The van der Waals surface area contributed by atoms with Crippen LogP contribution in [0.25, 0.3) is 0 Å². The maximum atomic E-state index is 5.06. The third kappa shape index (κ3) is 3.23. The number of rotatable bonds is 6. The number of ether oxygens (including phenoxy) is 1. The lowest BCUT2D eigenvalue weighted by Crippen LogP contribution is -2.23. The molecule has 3 rings (SSSR count). The summed E-state index contributed by atoms with van der Waals surface area (Å²) in [5.41, 5.74) is 4.05. The molecule has 1 N–H and O–H groups in total. The zero-order valence-corrected chi connectivity index (χ0v) is 12.4. The van der Waals surface area contributed by atoms with Gasteiger partial charge in [-0.15, -0.1) is 0 Å². The number of anilines is 1. The molecule has 1 aliphatic heterocycles. The maximum Gasteiger partial charge on any atom is 0.133 e. The number of fused-ring (bicyclic) bond motifs is 1. The van der Waals surface area contributed by atoms with Crippen LogP contribution in [0.3, 0.4) is 0 Å². The molecule has 0 saturated heterocycles. The van der Waals surface area contributed by atoms with E-state index in [1.54, 1.807) is 7.11 Å². The first kappa shape index (κ1) is 14.0. The van der Waals surface area contributed by atoms with Gasteiger partial charge in [0.05, 0.1) is 6.61 Å². The van der Waals surface area contributed by atoms with Crippen LogP contribution in [0, 0.1) is 0 Å². The Hall–Kier alpha value is -1.91. The highest BCUT2D eigenvalue weighted by atomic mass is 16.5. The van der Waals surface area contributed by atoms with E-state index >= 15 is 0 Å². The Bertz CT molecular complexity index is 575. The number of hydrogen-bond acceptors (Lipinski definition) is 4. The van der Waals surface area contributed by atoms with Crippen LogP contribution in [0.4, 0.5) is 5.82 Å². The van der Waals surface area contributed by atoms with Gasteiger partial charge in [0.2, 0.25) is 0 Å². The van der Waals surface area contributed by atoms with E-state index in [0.717, 1.165) is 38.6 Å². The molecule has 21 heavy (non-hydrogen) atoms. The molecule has 2 aromatic rings. The lowest BCUT2D eigenvalue weighted by atomic mass is 10.1. The maximum absolute atomic E-state index is 5.06. The van der Waals surface area contributed by atoms with E-state index in [2.05, 4.69) is 45.5 Å². The topological polar surface area (TPSA) is 37.4 Å². The van der Waals surface area contributed by atoms with Gasteiger partial charge in [0.25, 0.3) is 0 Å². The number of methoxy groups -OCH3 is 1. The Labute approximate surface area is 125 Å². The Morgan fingerprint density at radius 3 is 2.62 bits per heavy atom. The SMILES string of the molecule is COCCNCc1cccnc1N1Cc2ccccc2C1. The van der Waals surface area contributed by atoms with Gasteiger partial charge in [0.1, 0.15) is 5.82 Å². The van der Waals surface area contributed by atoms with E-state index in [9.17, 15) is 0 Å². The molecule has 1 aromatic heterocycles. The fourth-order valence-corrected chi connectivity index (χ4v) is 2.73. The lowest BCUT2D eigenvalue weighted by Gasteiger charge is -2.20. The Kier molecular flexibility index (Phi) is 4.48. The van der Waals surface area contributed by atoms with Gasteiger partial charge in [-0.1, -0.05) is 30.3 Å². The van der Waals surface area contributed by atoms with Crippen molar-refractivity contribution in [3.8, 4) is 0 Å². The number of aromatic nitrogens is 1. The van der Waals surface area contributed by atoms with Gasteiger partial charge in [0, 0.05) is 45.0 Å². The molecule has 0 atom stereocenters. The molecule has 0 bridgehead atoms. The monoisotopic (exact) mass is 283 g/mol. The van der Waals surface area contributed by atoms with E-state index in [1.807, 2.05) is 12.3 Å². The van der Waals surface area contributed by atoms with Crippen molar-refractivity contribution >= 4 is 5.82 Å². The Morgan fingerprint density at radius 2 is 1.90 bits per heavy atom. The lowest BCUT2D eigenvalue weighted by molar-refractivity contribution is 0.199. The van der Waals surface area contributed by atoms with Crippen LogP contribution in [0.15, 0.2) is 42.6 Å². The van der Waals surface area contributed by atoms with Crippen LogP contribution >= 0.6 is 0 Å². The van der Waals surface area contributed by atoms with Crippen molar-refractivity contribution in [2.75, 3.05) is 25.2 Å². The molecule has 4 heteroatoms. The fourth-order valence-electron chi connectivity index (χ4n) is 2.73. The average molecular weight is 283 g/mol. The normalized spacial score (nSPS) is 13.5. The van der Waals surface area contributed by atoms with Crippen LogP contribution in [-0.2, 0) is 24.4 Å². The first-order valence-electron chi connectivity index (χ1n) is 7.34. The summed E-state index contributed by atoms with van der Waals surface area (Å²) in [6.07, 6.45) is 1.87. The van der Waals surface area contributed by atoms with E-state index in [1.165, 1.54) is 16.7 Å². The first-order chi connectivity index (χ1) is 10.4. The fraction of sp³-hybridized carbons (Fsp3) is 0.353. The second kappa shape index (κ2) is 6.70. The highest BCUT2D eigenvalue weighted by molar-refractivity contribution is 5.51. The summed E-state index contributed by atoms with van der Waals surface area (Å²) in [6.45, 7) is 4.28. The number of benzene rings is 1. The second-order valence-corrected chi connectivity index (χ2v) is 5.28. The van der Waals surface area contributed by atoms with Crippen molar-refractivity contribution in [2.45, 2.75) is 19.6 Å². The van der Waals surface area contributed by atoms with Crippen LogP contribution in [0.1, 0.15) is 16.7 Å². The summed E-state index contributed by atoms with van der Waals surface area (Å²) in [5.74, 6) is 1.08. The molecule has 0 saturated carbocycles. The molecule has 0 amide bonds. The van der Waals surface area contributed by atoms with Gasteiger partial charge in [-0.3, -0.25) is 0 Å². The van der Waals surface area contributed by atoms with Gasteiger partial charge in [-0.25, -0.2) is 4.98 Å². The van der Waals surface area contributed by atoms with Crippen molar-refractivity contribution in [1.82, 2.24) is 10.3 Å². The van der Waals surface area contributed by atoms with Crippen molar-refractivity contribution < 1.29 is 4.74 Å². The Balaban J connectivity index is 1.71. The summed E-state index contributed by atoms with van der Waals surface area (Å²) < 4.78 is 5.06. The number of nitrogens with zero attached hydrogens (tertiary/aromatic N) is 2. The van der Waals surface area contributed by atoms with Crippen molar-refractivity contribution in [3.63, 3.8) is 0 Å². The molecule has 0 radical (unpaired) electrons. The average Bonchev–Trinajstić information content (AvgIpc) is 2.96. The predicted octanol–water partition coefficient (Wildman–Crippen LogP) is 2.34. The van der Waals surface area contributed by atoms with Crippen LogP contribution in [0.5, 0.6) is 0 Å². The molecule has 4 nitrogen and oxygen atoms in total. The number of pyridine rings is 1. The molecular formula is C17H21N3O. The standard InChI is InChI=1S/C17H21N3O/c1-21-10-9-18-11-14-7-4-8-19-17(14)20-12-15-5-2-3-6-16(15)13-20/h2-8,18H,9-13H2,1H3. The smallest absolute Gasteiger partial charge is 0.133 e. The summed E-state index contributed by atoms with van der Waals surface area (Å²) in [4.78, 5) is 6.94. The minimum atomic E-state index is 0.727. The highest BCUT2D eigenvalue weighted by Crippen LogP contribution is 2.28. The van der Waals surface area contributed by atoms with E-state index < -0.39 is 0 Å². The van der Waals surface area contributed by atoms with Crippen molar-refractivity contribution in [2.24, 2.45) is 0 Å². The van der Waals surface area contributed by atoms with E-state index in [-0.39, 0.29) is 0 Å². The summed E-state index contributed by atoms with van der Waals surface area (Å²) in [7, 11) is 1.72. The molecule has 0 unspecified atom stereocenters. The van der Waals surface area contributed by atoms with Crippen LogP contribution in [0.2, 0.25) is 0 Å². The molecular weight excluding hydrogens is 262 g/mol. The molecule has 1 aromatic carbocycles. The molecule has 1 aliphatic rings. The van der Waals surface area contributed by atoms with Crippen LogP contribution in [-0.4, -0.2) is 25.2 Å². The molecule has 0 spiro atoms. The number of nitrogens with one attached hydrogen (secondary N) is 1. The molecule has 0 fully saturated rings. The second-order valence-electron chi connectivity index (χ2n) is 5.28. The summed E-state index contributed by atoms with van der Waals surface area (Å²) in [6, 6.07) is 12.8. The highest BCUT2D eigenvalue weighted by Gasteiger charge is 2.21. The molecule has 2 heterocycles. The largest absolute Gasteiger partial charge is 0.383 e. The summed E-state index contributed by atoms with van der Waals surface area (Å²) in [5, 5.41) is 3.40. The van der Waals surface area contributed by atoms with Crippen molar-refractivity contribution in [1.29, 1.82) is 0 Å². The van der Waals surface area contributed by atoms with Gasteiger partial charge in [0.15, 0.2) is 0 Å². The zero-order chi connectivity index (χ0) is 14.5. The summed E-state index contributed by atoms with van der Waals surface area (Å²) >= 11 is 0. The van der Waals surface area contributed by atoms with Gasteiger partial charge in [-0.2, -0.15) is 0 Å². The quantitative estimate of drug-likeness (QED) is 0.826. The zero-order valence-electron chi connectivity index (χ0n) is 12.4. The third-order valence-corrected chi connectivity index (χ3v) is 3.81. The predicted molar refractivity (Wildman–Crippen MR) is 84.1 cm³/mol. The molecule has 0 aliphatic carbocycles. The van der Waals surface area contributed by atoms with E-state index in [0.29, 0.717) is 0 Å². The van der Waals surface area contributed by atoms with Gasteiger partial charge < -0.3 is 15.0 Å². The first-order valence-corrected chi connectivity index (χ1v) is 7.34. The minimum Gasteiger partial charge on any atom is -0.383 e. The third-order valence-electron chi connectivity index (χ3n) is 3.81. The van der Waals surface area contributed by atoms with Gasteiger partial charge in [-0.05, 0) is 17.2 Å². The molecule has 110 valence electrons. The van der Waals surface area contributed by atoms with Crippen LogP contribution < -0.4 is 10.2 Å². The van der Waals surface area contributed by atoms with E-state index in [4.69, 9.17) is 4.74 Å². The van der Waals surface area contributed by atoms with Crippen molar-refractivity contribution in [3.05, 3.63) is 59.3 Å².